The summed E-state index contributed by atoms with van der Waals surface area (Å²) in [5.41, 5.74) is 0.979. The molecule has 1 atom stereocenters. The summed E-state index contributed by atoms with van der Waals surface area (Å²) < 4.78 is 0. The first-order chi connectivity index (χ1) is 6.70. The van der Waals surface area contributed by atoms with Gasteiger partial charge >= 0.3 is 0 Å². The summed E-state index contributed by atoms with van der Waals surface area (Å²) in [5.74, 6) is 1.33. The van der Waals surface area contributed by atoms with E-state index in [9.17, 15) is 4.79 Å². The van der Waals surface area contributed by atoms with Crippen LogP contribution < -0.4 is 4.90 Å². The molecule has 14 heavy (non-hydrogen) atoms. The molecular formula is C9H12N2OS2. The van der Waals surface area contributed by atoms with Crippen LogP contribution in [-0.2, 0) is 4.79 Å². The number of aromatic nitrogens is 1. The minimum atomic E-state index is 0.179. The Kier molecular flexibility index (Phi) is 2.78. The van der Waals surface area contributed by atoms with Crippen LogP contribution in [0.4, 0.5) is 5.13 Å². The molecule has 0 N–H and O–H groups in total. The molecule has 1 saturated heterocycles. The smallest absolute Gasteiger partial charge is 0.229 e. The minimum absolute atomic E-state index is 0.179. The second-order valence-electron chi connectivity index (χ2n) is 3.53. The highest BCUT2D eigenvalue weighted by molar-refractivity contribution is 7.80. The summed E-state index contributed by atoms with van der Waals surface area (Å²) in [7, 11) is 0. The van der Waals surface area contributed by atoms with Crippen molar-refractivity contribution in [2.45, 2.75) is 13.3 Å². The van der Waals surface area contributed by atoms with E-state index in [0.29, 0.717) is 12.3 Å². The number of amides is 1. The van der Waals surface area contributed by atoms with Gasteiger partial charge in [0.2, 0.25) is 5.91 Å². The Morgan fingerprint density at radius 1 is 1.79 bits per heavy atom. The van der Waals surface area contributed by atoms with Crippen LogP contribution in [-0.4, -0.2) is 23.2 Å². The summed E-state index contributed by atoms with van der Waals surface area (Å²) in [6.07, 6.45) is 0.613. The minimum Gasteiger partial charge on any atom is -0.288 e. The third-order valence-corrected chi connectivity index (χ3v) is 3.80. The van der Waals surface area contributed by atoms with E-state index < -0.39 is 0 Å². The van der Waals surface area contributed by atoms with Gasteiger partial charge in [-0.2, -0.15) is 12.6 Å². The van der Waals surface area contributed by atoms with E-state index in [1.807, 2.05) is 12.3 Å². The van der Waals surface area contributed by atoms with E-state index in [1.54, 1.807) is 4.90 Å². The Bertz CT molecular complexity index is 350. The van der Waals surface area contributed by atoms with Gasteiger partial charge in [-0.1, -0.05) is 0 Å². The standard InChI is InChI=1S/C9H12N2OS2/c1-6-5-14-9(10-6)11-3-7(4-13)2-8(11)12/h5,7,13H,2-4H2,1H3. The third-order valence-electron chi connectivity index (χ3n) is 2.30. The van der Waals surface area contributed by atoms with Gasteiger partial charge in [-0.3, -0.25) is 9.69 Å². The molecule has 0 spiro atoms. The zero-order valence-electron chi connectivity index (χ0n) is 7.93. The van der Waals surface area contributed by atoms with Gasteiger partial charge in [-0.15, -0.1) is 11.3 Å². The Hall–Kier alpha value is -0.550. The number of thiazole rings is 1. The average Bonchev–Trinajstić information content (AvgIpc) is 2.71. The molecule has 0 saturated carbocycles. The average molecular weight is 228 g/mol. The highest BCUT2D eigenvalue weighted by atomic mass is 32.1. The number of thiol groups is 1. The van der Waals surface area contributed by atoms with Crippen LogP contribution in [0.5, 0.6) is 0 Å². The first-order valence-electron chi connectivity index (χ1n) is 4.54. The highest BCUT2D eigenvalue weighted by Crippen LogP contribution is 2.28. The van der Waals surface area contributed by atoms with Crippen LogP contribution in [0.2, 0.25) is 0 Å². The summed E-state index contributed by atoms with van der Waals surface area (Å²) in [5, 5.41) is 2.80. The first-order valence-corrected chi connectivity index (χ1v) is 6.05. The molecule has 0 bridgehead atoms. The first kappa shape index (κ1) is 9.98. The number of carbonyl (C=O) groups excluding carboxylic acids is 1. The van der Waals surface area contributed by atoms with Crippen molar-refractivity contribution in [3.8, 4) is 0 Å². The van der Waals surface area contributed by atoms with Gasteiger partial charge in [0, 0.05) is 18.3 Å². The van der Waals surface area contributed by atoms with Gasteiger partial charge in [0.15, 0.2) is 5.13 Å². The van der Waals surface area contributed by atoms with Crippen LogP contribution in [0.1, 0.15) is 12.1 Å². The number of carbonyl (C=O) groups is 1. The maximum Gasteiger partial charge on any atom is 0.229 e. The van der Waals surface area contributed by atoms with E-state index in [2.05, 4.69) is 17.6 Å². The number of anilines is 1. The number of rotatable bonds is 2. The van der Waals surface area contributed by atoms with Crippen molar-refractivity contribution in [3.63, 3.8) is 0 Å². The van der Waals surface area contributed by atoms with Gasteiger partial charge in [0.1, 0.15) is 0 Å². The number of hydrogen-bond donors (Lipinski definition) is 1. The van der Waals surface area contributed by atoms with Gasteiger partial charge in [0.05, 0.1) is 5.69 Å². The topological polar surface area (TPSA) is 33.2 Å². The molecule has 2 heterocycles. The highest BCUT2D eigenvalue weighted by Gasteiger charge is 2.31. The van der Waals surface area contributed by atoms with Crippen molar-refractivity contribution in [1.29, 1.82) is 0 Å². The number of nitrogens with zero attached hydrogens (tertiary/aromatic N) is 2. The lowest BCUT2D eigenvalue weighted by molar-refractivity contribution is -0.117. The fourth-order valence-electron chi connectivity index (χ4n) is 1.55. The molecule has 3 nitrogen and oxygen atoms in total. The maximum atomic E-state index is 11.6. The number of hydrogen-bond acceptors (Lipinski definition) is 4. The zero-order valence-corrected chi connectivity index (χ0v) is 9.65. The van der Waals surface area contributed by atoms with Crippen molar-refractivity contribution in [2.75, 3.05) is 17.2 Å². The Balaban J connectivity index is 2.16. The molecule has 0 radical (unpaired) electrons. The van der Waals surface area contributed by atoms with Crippen molar-refractivity contribution < 1.29 is 4.79 Å². The molecular weight excluding hydrogens is 216 g/mol. The molecule has 1 aliphatic heterocycles. The lowest BCUT2D eigenvalue weighted by atomic mass is 10.1. The molecule has 0 aliphatic carbocycles. The fraction of sp³-hybridized carbons (Fsp3) is 0.556. The monoisotopic (exact) mass is 228 g/mol. The lowest BCUT2D eigenvalue weighted by Gasteiger charge is -2.11. The molecule has 0 aromatic carbocycles. The maximum absolute atomic E-state index is 11.6. The fourth-order valence-corrected chi connectivity index (χ4v) is 2.63. The van der Waals surface area contributed by atoms with E-state index in [4.69, 9.17) is 0 Å². The summed E-state index contributed by atoms with van der Waals surface area (Å²) in [6, 6.07) is 0. The van der Waals surface area contributed by atoms with Crippen molar-refractivity contribution >= 4 is 35.0 Å². The lowest BCUT2D eigenvalue weighted by Crippen LogP contribution is -2.24. The van der Waals surface area contributed by atoms with Crippen LogP contribution in [0.3, 0.4) is 0 Å². The molecule has 1 aliphatic rings. The van der Waals surface area contributed by atoms with E-state index >= 15 is 0 Å². The van der Waals surface area contributed by atoms with E-state index in [1.165, 1.54) is 11.3 Å². The van der Waals surface area contributed by atoms with Gasteiger partial charge in [-0.25, -0.2) is 4.98 Å². The molecule has 2 rings (SSSR count). The Morgan fingerprint density at radius 2 is 2.57 bits per heavy atom. The van der Waals surface area contributed by atoms with Crippen molar-refractivity contribution in [2.24, 2.45) is 5.92 Å². The summed E-state index contributed by atoms with van der Waals surface area (Å²) >= 11 is 5.75. The molecule has 1 aromatic rings. The molecule has 1 aromatic heterocycles. The Morgan fingerprint density at radius 3 is 3.07 bits per heavy atom. The molecule has 5 heteroatoms. The number of aryl methyl sites for hydroxylation is 1. The second-order valence-corrected chi connectivity index (χ2v) is 4.73. The van der Waals surface area contributed by atoms with Gasteiger partial charge < -0.3 is 0 Å². The Labute approximate surface area is 92.6 Å². The van der Waals surface area contributed by atoms with Gasteiger partial charge in [-0.05, 0) is 18.6 Å². The molecule has 1 amide bonds. The van der Waals surface area contributed by atoms with Crippen LogP contribution in [0, 0.1) is 12.8 Å². The van der Waals surface area contributed by atoms with Crippen molar-refractivity contribution in [3.05, 3.63) is 11.1 Å². The quantitative estimate of drug-likeness (QED) is 0.782. The summed E-state index contributed by atoms with van der Waals surface area (Å²) in [6.45, 7) is 2.71. The molecule has 1 fully saturated rings. The van der Waals surface area contributed by atoms with E-state index in [0.717, 1.165) is 23.1 Å². The van der Waals surface area contributed by atoms with Crippen LogP contribution in [0.25, 0.3) is 0 Å². The SMILES string of the molecule is Cc1csc(N2CC(CS)CC2=O)n1. The van der Waals surface area contributed by atoms with E-state index in [-0.39, 0.29) is 5.91 Å². The second kappa shape index (κ2) is 3.90. The normalized spacial score (nSPS) is 22.0. The van der Waals surface area contributed by atoms with Gasteiger partial charge in [0.25, 0.3) is 0 Å². The molecule has 1 unspecified atom stereocenters. The predicted octanol–water partition coefficient (Wildman–Crippen LogP) is 1.73. The molecule has 76 valence electrons. The zero-order chi connectivity index (χ0) is 10.1. The summed E-state index contributed by atoms with van der Waals surface area (Å²) in [4.78, 5) is 17.7. The largest absolute Gasteiger partial charge is 0.288 e. The third kappa shape index (κ3) is 1.79. The van der Waals surface area contributed by atoms with Crippen molar-refractivity contribution in [1.82, 2.24) is 4.98 Å². The van der Waals surface area contributed by atoms with Crippen LogP contribution >= 0.6 is 24.0 Å². The van der Waals surface area contributed by atoms with Crippen LogP contribution in [0.15, 0.2) is 5.38 Å². The predicted molar refractivity (Wildman–Crippen MR) is 61.2 cm³/mol.